The summed E-state index contributed by atoms with van der Waals surface area (Å²) in [6, 6.07) is 6.30. The molecule has 1 aromatic carbocycles. The van der Waals surface area contributed by atoms with Crippen molar-refractivity contribution in [2.24, 2.45) is 0 Å². The van der Waals surface area contributed by atoms with Crippen LogP contribution < -0.4 is 5.73 Å². The average molecular weight is 343 g/mol. The van der Waals surface area contributed by atoms with Gasteiger partial charge in [-0.2, -0.15) is 0 Å². The molecular formula is C13H18IN3. The van der Waals surface area contributed by atoms with Crippen molar-refractivity contribution in [2.75, 3.05) is 5.73 Å². The maximum atomic E-state index is 6.09. The lowest BCUT2D eigenvalue weighted by atomic mass is 9.95. The highest BCUT2D eigenvalue weighted by molar-refractivity contribution is 14.1. The Morgan fingerprint density at radius 2 is 2.00 bits per heavy atom. The fourth-order valence-corrected chi connectivity index (χ4v) is 2.68. The van der Waals surface area contributed by atoms with Crippen molar-refractivity contribution < 1.29 is 0 Å². The third-order valence-electron chi connectivity index (χ3n) is 3.71. The summed E-state index contributed by atoms with van der Waals surface area (Å²) in [4.78, 5) is 4.47. The minimum absolute atomic E-state index is 0.0472. The Balaban J connectivity index is 2.73. The van der Waals surface area contributed by atoms with E-state index in [1.54, 1.807) is 0 Å². The summed E-state index contributed by atoms with van der Waals surface area (Å²) in [6.07, 6.45) is 2.09. The normalized spacial score (nSPS) is 12.2. The SMILES string of the molecule is CCC(C)(CC)n1c(N)nc2cc(I)ccc21. The molecule has 92 valence electrons. The van der Waals surface area contributed by atoms with E-state index in [9.17, 15) is 0 Å². The van der Waals surface area contributed by atoms with Crippen molar-refractivity contribution in [3.8, 4) is 0 Å². The first-order chi connectivity index (χ1) is 8.01. The topological polar surface area (TPSA) is 43.8 Å². The molecule has 0 fully saturated rings. The molecule has 4 heteroatoms. The number of hydrogen-bond donors (Lipinski definition) is 1. The molecule has 0 amide bonds. The number of nitrogen functional groups attached to an aromatic ring is 1. The molecule has 0 atom stereocenters. The van der Waals surface area contributed by atoms with E-state index in [2.05, 4.69) is 71.1 Å². The van der Waals surface area contributed by atoms with Crippen LogP contribution >= 0.6 is 22.6 Å². The predicted octanol–water partition coefficient (Wildman–Crippen LogP) is 3.76. The molecule has 0 radical (unpaired) electrons. The molecule has 0 spiro atoms. The van der Waals surface area contributed by atoms with Crippen LogP contribution in [0.3, 0.4) is 0 Å². The molecule has 0 bridgehead atoms. The molecule has 0 saturated heterocycles. The number of nitrogens with two attached hydrogens (primary N) is 1. The highest BCUT2D eigenvalue weighted by Gasteiger charge is 2.26. The van der Waals surface area contributed by atoms with Gasteiger partial charge in [0.25, 0.3) is 0 Å². The maximum absolute atomic E-state index is 6.09. The largest absolute Gasteiger partial charge is 0.369 e. The lowest BCUT2D eigenvalue weighted by Gasteiger charge is -2.30. The Bertz CT molecular complexity index is 541. The smallest absolute Gasteiger partial charge is 0.201 e. The molecule has 2 rings (SSSR count). The number of fused-ring (bicyclic) bond motifs is 1. The van der Waals surface area contributed by atoms with Crippen LogP contribution in [0.4, 0.5) is 5.95 Å². The van der Waals surface area contributed by atoms with E-state index >= 15 is 0 Å². The minimum Gasteiger partial charge on any atom is -0.369 e. The summed E-state index contributed by atoms with van der Waals surface area (Å²) in [6.45, 7) is 6.63. The number of benzene rings is 1. The Labute approximate surface area is 116 Å². The summed E-state index contributed by atoms with van der Waals surface area (Å²) in [5, 5.41) is 0. The molecule has 0 unspecified atom stereocenters. The molecule has 2 N–H and O–H groups in total. The fourth-order valence-electron chi connectivity index (χ4n) is 2.21. The van der Waals surface area contributed by atoms with Crippen LogP contribution in [0.1, 0.15) is 33.6 Å². The predicted molar refractivity (Wildman–Crippen MR) is 81.1 cm³/mol. The average Bonchev–Trinajstić information content (AvgIpc) is 2.64. The summed E-state index contributed by atoms with van der Waals surface area (Å²) in [7, 11) is 0. The molecule has 0 aliphatic carbocycles. The zero-order chi connectivity index (χ0) is 12.6. The second kappa shape index (κ2) is 4.48. The highest BCUT2D eigenvalue weighted by atomic mass is 127. The molecule has 0 saturated carbocycles. The summed E-state index contributed by atoms with van der Waals surface area (Å²) in [5.41, 5.74) is 8.26. The Kier molecular flexibility index (Phi) is 3.34. The molecule has 0 aliphatic heterocycles. The highest BCUT2D eigenvalue weighted by Crippen LogP contribution is 2.32. The van der Waals surface area contributed by atoms with Crippen LogP contribution in [0.15, 0.2) is 18.2 Å². The number of rotatable bonds is 3. The van der Waals surface area contributed by atoms with Crippen molar-refractivity contribution in [3.63, 3.8) is 0 Å². The van der Waals surface area contributed by atoms with E-state index in [0.717, 1.165) is 23.9 Å². The van der Waals surface area contributed by atoms with Crippen LogP contribution in [0, 0.1) is 3.57 Å². The monoisotopic (exact) mass is 343 g/mol. The van der Waals surface area contributed by atoms with Crippen molar-refractivity contribution >= 4 is 39.6 Å². The van der Waals surface area contributed by atoms with Crippen LogP contribution in [0.2, 0.25) is 0 Å². The quantitative estimate of drug-likeness (QED) is 0.863. The van der Waals surface area contributed by atoms with Gasteiger partial charge in [-0.05, 0) is 60.6 Å². The number of imidazole rings is 1. The Morgan fingerprint density at radius 3 is 2.59 bits per heavy atom. The van der Waals surface area contributed by atoms with Gasteiger partial charge < -0.3 is 10.3 Å². The lowest BCUT2D eigenvalue weighted by Crippen LogP contribution is -2.29. The zero-order valence-corrected chi connectivity index (χ0v) is 12.7. The second-order valence-corrected chi connectivity index (χ2v) is 5.89. The van der Waals surface area contributed by atoms with Crippen molar-refractivity contribution in [1.29, 1.82) is 0 Å². The van der Waals surface area contributed by atoms with Crippen LogP contribution in [0.5, 0.6) is 0 Å². The van der Waals surface area contributed by atoms with Gasteiger partial charge in [-0.25, -0.2) is 4.98 Å². The third kappa shape index (κ3) is 2.03. The molecule has 0 aliphatic rings. The van der Waals surface area contributed by atoms with E-state index in [1.807, 2.05) is 0 Å². The lowest BCUT2D eigenvalue weighted by molar-refractivity contribution is 0.307. The van der Waals surface area contributed by atoms with Gasteiger partial charge in [0.1, 0.15) is 0 Å². The van der Waals surface area contributed by atoms with E-state index in [-0.39, 0.29) is 5.54 Å². The number of anilines is 1. The van der Waals surface area contributed by atoms with Gasteiger partial charge in [-0.15, -0.1) is 0 Å². The first kappa shape index (κ1) is 12.7. The molecule has 2 aromatic rings. The zero-order valence-electron chi connectivity index (χ0n) is 10.5. The van der Waals surface area contributed by atoms with E-state index in [0.29, 0.717) is 5.95 Å². The van der Waals surface area contributed by atoms with Crippen molar-refractivity contribution in [1.82, 2.24) is 9.55 Å². The summed E-state index contributed by atoms with van der Waals surface area (Å²) in [5.74, 6) is 0.619. The molecule has 1 heterocycles. The van der Waals surface area contributed by atoms with Crippen LogP contribution in [-0.4, -0.2) is 9.55 Å². The number of nitrogens with zero attached hydrogens (tertiary/aromatic N) is 2. The number of hydrogen-bond acceptors (Lipinski definition) is 2. The van der Waals surface area contributed by atoms with Crippen LogP contribution in [-0.2, 0) is 5.54 Å². The number of halogens is 1. The fraction of sp³-hybridized carbons (Fsp3) is 0.462. The van der Waals surface area contributed by atoms with Crippen molar-refractivity contribution in [2.45, 2.75) is 39.2 Å². The van der Waals surface area contributed by atoms with Gasteiger partial charge in [0.2, 0.25) is 5.95 Å². The van der Waals surface area contributed by atoms with Gasteiger partial charge in [0, 0.05) is 9.11 Å². The molecule has 17 heavy (non-hydrogen) atoms. The van der Waals surface area contributed by atoms with E-state index in [4.69, 9.17) is 5.73 Å². The Hall–Kier alpha value is -0.780. The third-order valence-corrected chi connectivity index (χ3v) is 4.38. The van der Waals surface area contributed by atoms with Crippen molar-refractivity contribution in [3.05, 3.63) is 21.8 Å². The minimum atomic E-state index is 0.0472. The van der Waals surface area contributed by atoms with Gasteiger partial charge in [0.15, 0.2) is 0 Å². The second-order valence-electron chi connectivity index (χ2n) is 4.64. The van der Waals surface area contributed by atoms with Gasteiger partial charge >= 0.3 is 0 Å². The first-order valence-corrected chi connectivity index (χ1v) is 7.03. The number of aromatic nitrogens is 2. The Morgan fingerprint density at radius 1 is 1.35 bits per heavy atom. The molecular weight excluding hydrogens is 325 g/mol. The molecule has 3 nitrogen and oxygen atoms in total. The first-order valence-electron chi connectivity index (χ1n) is 5.96. The summed E-state index contributed by atoms with van der Waals surface area (Å²) >= 11 is 2.30. The van der Waals surface area contributed by atoms with Gasteiger partial charge in [-0.1, -0.05) is 13.8 Å². The standard InChI is InChI=1S/C13H18IN3/c1-4-13(3,5-2)17-11-7-6-9(14)8-10(11)16-12(17)15/h6-8H,4-5H2,1-3H3,(H2,15,16). The van der Waals surface area contributed by atoms with Crippen LogP contribution in [0.25, 0.3) is 11.0 Å². The van der Waals surface area contributed by atoms with Gasteiger partial charge in [0.05, 0.1) is 11.0 Å². The van der Waals surface area contributed by atoms with E-state index < -0.39 is 0 Å². The summed E-state index contributed by atoms with van der Waals surface area (Å²) < 4.78 is 3.37. The maximum Gasteiger partial charge on any atom is 0.201 e. The van der Waals surface area contributed by atoms with Gasteiger partial charge in [-0.3, -0.25) is 0 Å². The molecule has 1 aromatic heterocycles. The van der Waals surface area contributed by atoms with E-state index in [1.165, 1.54) is 3.57 Å².